The van der Waals surface area contributed by atoms with Crippen LogP contribution in [0, 0.1) is 23.2 Å². The Hall–Kier alpha value is -0.940. The zero-order valence-electron chi connectivity index (χ0n) is 11.8. The molecule has 2 amide bonds. The molecule has 1 N–H and O–H groups in total. The number of carbonyl (C=O) groups is 2. The van der Waals surface area contributed by atoms with Crippen molar-refractivity contribution >= 4 is 11.8 Å². The standard InChI is InChI=1S/C14H22N2O3/c1-14(2)10-11(14)13(18)16(12(10)17)6-9(15-3)8-4-5-19-7-8/h8-11,15H,4-7H2,1-3H3. The second kappa shape index (κ2) is 4.28. The molecule has 0 aromatic carbocycles. The van der Waals surface area contributed by atoms with Crippen molar-refractivity contribution in [2.24, 2.45) is 23.2 Å². The molecule has 0 aromatic heterocycles. The Kier molecular flexibility index (Phi) is 2.94. The highest BCUT2D eigenvalue weighted by atomic mass is 16.5. The molecule has 1 saturated carbocycles. The van der Waals surface area contributed by atoms with Crippen molar-refractivity contribution in [3.8, 4) is 0 Å². The summed E-state index contributed by atoms with van der Waals surface area (Å²) in [4.78, 5) is 26.0. The van der Waals surface area contributed by atoms with Crippen LogP contribution in [0.4, 0.5) is 0 Å². The van der Waals surface area contributed by atoms with E-state index in [2.05, 4.69) is 5.32 Å². The van der Waals surface area contributed by atoms with E-state index in [0.29, 0.717) is 12.5 Å². The highest BCUT2D eigenvalue weighted by molar-refractivity contribution is 6.10. The molecule has 4 unspecified atom stereocenters. The van der Waals surface area contributed by atoms with Crippen LogP contribution in [0.15, 0.2) is 0 Å². The summed E-state index contributed by atoms with van der Waals surface area (Å²) >= 11 is 0. The van der Waals surface area contributed by atoms with Gasteiger partial charge in [0.25, 0.3) is 0 Å². The zero-order valence-corrected chi connectivity index (χ0v) is 11.8. The van der Waals surface area contributed by atoms with E-state index in [9.17, 15) is 9.59 Å². The predicted molar refractivity (Wildman–Crippen MR) is 69.3 cm³/mol. The number of nitrogens with one attached hydrogen (secondary N) is 1. The van der Waals surface area contributed by atoms with Gasteiger partial charge in [-0.1, -0.05) is 13.8 Å². The largest absolute Gasteiger partial charge is 0.381 e. The summed E-state index contributed by atoms with van der Waals surface area (Å²) in [5.74, 6) is 0.309. The van der Waals surface area contributed by atoms with Gasteiger partial charge in [-0.15, -0.1) is 0 Å². The summed E-state index contributed by atoms with van der Waals surface area (Å²) in [5.41, 5.74) is -0.115. The lowest BCUT2D eigenvalue weighted by Gasteiger charge is -2.28. The van der Waals surface area contributed by atoms with Crippen LogP contribution in [0.1, 0.15) is 20.3 Å². The van der Waals surface area contributed by atoms with Crippen molar-refractivity contribution in [1.82, 2.24) is 10.2 Å². The van der Waals surface area contributed by atoms with Crippen molar-refractivity contribution in [3.63, 3.8) is 0 Å². The number of hydrogen-bond acceptors (Lipinski definition) is 4. The van der Waals surface area contributed by atoms with Crippen molar-refractivity contribution in [1.29, 1.82) is 0 Å². The Morgan fingerprint density at radius 2 is 2.00 bits per heavy atom. The minimum absolute atomic E-state index is 0.0270. The first-order chi connectivity index (χ1) is 8.98. The van der Waals surface area contributed by atoms with Crippen LogP contribution in [0.3, 0.4) is 0 Å². The highest BCUT2D eigenvalue weighted by Crippen LogP contribution is 2.63. The number of rotatable bonds is 4. The second-order valence-corrected chi connectivity index (χ2v) is 6.58. The maximum atomic E-state index is 12.3. The molecule has 2 heterocycles. The van der Waals surface area contributed by atoms with E-state index >= 15 is 0 Å². The molecule has 3 fully saturated rings. The number of likely N-dealkylation sites (tertiary alicyclic amines) is 1. The molecule has 0 bridgehead atoms. The molecular formula is C14H22N2O3. The first-order valence-corrected chi connectivity index (χ1v) is 7.08. The van der Waals surface area contributed by atoms with E-state index in [1.807, 2.05) is 20.9 Å². The molecule has 2 aliphatic heterocycles. The monoisotopic (exact) mass is 266 g/mol. The quantitative estimate of drug-likeness (QED) is 0.741. The molecule has 1 aliphatic carbocycles. The predicted octanol–water partition coefficient (Wildman–Crippen LogP) is 0.252. The summed E-state index contributed by atoms with van der Waals surface area (Å²) in [6.07, 6.45) is 1.00. The number of nitrogens with zero attached hydrogens (tertiary/aromatic N) is 1. The molecule has 0 spiro atoms. The molecule has 3 rings (SSSR count). The van der Waals surface area contributed by atoms with E-state index < -0.39 is 0 Å². The van der Waals surface area contributed by atoms with Crippen LogP contribution in [0.2, 0.25) is 0 Å². The highest BCUT2D eigenvalue weighted by Gasteiger charge is 2.72. The molecule has 0 aromatic rings. The second-order valence-electron chi connectivity index (χ2n) is 6.58. The zero-order chi connectivity index (χ0) is 13.8. The van der Waals surface area contributed by atoms with Gasteiger partial charge >= 0.3 is 0 Å². The summed E-state index contributed by atoms with van der Waals surface area (Å²) in [6.45, 7) is 6.01. The number of ether oxygens (including phenoxy) is 1. The van der Waals surface area contributed by atoms with E-state index in [0.717, 1.165) is 19.6 Å². The van der Waals surface area contributed by atoms with Crippen LogP contribution >= 0.6 is 0 Å². The Morgan fingerprint density at radius 1 is 1.37 bits per heavy atom. The molecule has 2 saturated heterocycles. The Morgan fingerprint density at radius 3 is 2.47 bits per heavy atom. The lowest BCUT2D eigenvalue weighted by atomic mass is 9.98. The minimum atomic E-state index is -0.115. The third-order valence-electron chi connectivity index (χ3n) is 5.18. The van der Waals surface area contributed by atoms with Gasteiger partial charge in [0.2, 0.25) is 11.8 Å². The van der Waals surface area contributed by atoms with Crippen LogP contribution in [-0.2, 0) is 14.3 Å². The number of carbonyl (C=O) groups excluding carboxylic acids is 2. The fourth-order valence-corrected chi connectivity index (χ4v) is 3.73. The summed E-state index contributed by atoms with van der Waals surface area (Å²) in [6, 6.07) is 0.149. The van der Waals surface area contributed by atoms with Crippen LogP contribution in [0.25, 0.3) is 0 Å². The average molecular weight is 266 g/mol. The van der Waals surface area contributed by atoms with Crippen LogP contribution in [-0.4, -0.2) is 49.6 Å². The van der Waals surface area contributed by atoms with Crippen molar-refractivity contribution in [3.05, 3.63) is 0 Å². The number of likely N-dealkylation sites (N-methyl/N-ethyl adjacent to an activating group) is 1. The van der Waals surface area contributed by atoms with Gasteiger partial charge in [-0.25, -0.2) is 0 Å². The maximum absolute atomic E-state index is 12.3. The van der Waals surface area contributed by atoms with Crippen molar-refractivity contribution in [2.45, 2.75) is 26.3 Å². The van der Waals surface area contributed by atoms with Gasteiger partial charge in [0, 0.05) is 25.1 Å². The van der Waals surface area contributed by atoms with E-state index in [-0.39, 0.29) is 35.1 Å². The SMILES string of the molecule is CNC(CN1C(=O)C2C(C1=O)C2(C)C)C1CCOC1. The van der Waals surface area contributed by atoms with E-state index in [4.69, 9.17) is 4.74 Å². The van der Waals surface area contributed by atoms with E-state index in [1.54, 1.807) is 0 Å². The summed E-state index contributed by atoms with van der Waals surface area (Å²) in [5, 5.41) is 3.24. The fourth-order valence-electron chi connectivity index (χ4n) is 3.73. The summed E-state index contributed by atoms with van der Waals surface area (Å²) < 4.78 is 5.39. The number of fused-ring (bicyclic) bond motifs is 1. The van der Waals surface area contributed by atoms with Gasteiger partial charge in [0.1, 0.15) is 0 Å². The topological polar surface area (TPSA) is 58.6 Å². The number of amides is 2. The molecule has 3 aliphatic rings. The van der Waals surface area contributed by atoms with Gasteiger partial charge in [0.15, 0.2) is 0 Å². The lowest BCUT2D eigenvalue weighted by Crippen LogP contribution is -2.48. The maximum Gasteiger partial charge on any atom is 0.233 e. The third kappa shape index (κ3) is 1.82. The first-order valence-electron chi connectivity index (χ1n) is 7.08. The molecule has 4 atom stereocenters. The normalized spacial score (nSPS) is 37.6. The summed E-state index contributed by atoms with van der Waals surface area (Å²) in [7, 11) is 1.89. The third-order valence-corrected chi connectivity index (χ3v) is 5.18. The smallest absolute Gasteiger partial charge is 0.233 e. The van der Waals surface area contributed by atoms with Crippen LogP contribution in [0.5, 0.6) is 0 Å². The van der Waals surface area contributed by atoms with Gasteiger partial charge in [-0.05, 0) is 18.9 Å². The molecule has 0 radical (unpaired) electrons. The number of hydrogen-bond donors (Lipinski definition) is 1. The molecule has 5 heteroatoms. The Balaban J connectivity index is 1.67. The molecule has 106 valence electrons. The van der Waals surface area contributed by atoms with Gasteiger partial charge in [-0.3, -0.25) is 14.5 Å². The van der Waals surface area contributed by atoms with Crippen molar-refractivity contribution in [2.75, 3.05) is 26.8 Å². The average Bonchev–Trinajstić information content (AvgIpc) is 2.76. The van der Waals surface area contributed by atoms with Crippen molar-refractivity contribution < 1.29 is 14.3 Å². The van der Waals surface area contributed by atoms with Gasteiger partial charge in [0.05, 0.1) is 18.4 Å². The lowest BCUT2D eigenvalue weighted by molar-refractivity contribution is -0.143. The number of imide groups is 1. The molecular weight excluding hydrogens is 244 g/mol. The number of piperidine rings is 1. The molecule has 19 heavy (non-hydrogen) atoms. The minimum Gasteiger partial charge on any atom is -0.381 e. The Bertz CT molecular complexity index is 391. The Labute approximate surface area is 113 Å². The van der Waals surface area contributed by atoms with Crippen LogP contribution < -0.4 is 5.32 Å². The fraction of sp³-hybridized carbons (Fsp3) is 0.857. The van der Waals surface area contributed by atoms with Gasteiger partial charge in [-0.2, -0.15) is 0 Å². The van der Waals surface area contributed by atoms with Gasteiger partial charge < -0.3 is 10.1 Å². The first kappa shape index (κ1) is 13.1. The van der Waals surface area contributed by atoms with E-state index in [1.165, 1.54) is 4.90 Å². The molecule has 5 nitrogen and oxygen atoms in total.